The third kappa shape index (κ3) is 7.05. The third-order valence-corrected chi connectivity index (χ3v) is 8.71. The van der Waals surface area contributed by atoms with Crippen LogP contribution in [0.5, 0.6) is 0 Å². The Hall–Kier alpha value is -5.19. The average Bonchev–Trinajstić information content (AvgIpc) is 3.65. The van der Waals surface area contributed by atoms with E-state index < -0.39 is 29.2 Å². The van der Waals surface area contributed by atoms with E-state index in [1.165, 1.54) is 0 Å². The van der Waals surface area contributed by atoms with Crippen molar-refractivity contribution in [2.45, 2.75) is 77.1 Å². The number of benzene rings is 2. The molecule has 0 radical (unpaired) electrons. The predicted octanol–water partition coefficient (Wildman–Crippen LogP) is 5.77. The number of aromatic nitrogens is 4. The van der Waals surface area contributed by atoms with E-state index in [4.69, 9.17) is 9.72 Å². The van der Waals surface area contributed by atoms with Crippen molar-refractivity contribution in [2.75, 3.05) is 13.1 Å². The number of hydrogen-bond donors (Lipinski definition) is 3. The zero-order chi connectivity index (χ0) is 34.1. The minimum absolute atomic E-state index is 0.0859. The van der Waals surface area contributed by atoms with E-state index >= 15 is 0 Å². The summed E-state index contributed by atoms with van der Waals surface area (Å²) in [4.78, 5) is 55.3. The minimum Gasteiger partial charge on any atom is -0.444 e. The molecule has 5 aromatic rings. The van der Waals surface area contributed by atoms with E-state index in [-0.39, 0.29) is 18.4 Å². The van der Waals surface area contributed by atoms with E-state index in [0.717, 1.165) is 39.0 Å². The molecule has 11 heteroatoms. The summed E-state index contributed by atoms with van der Waals surface area (Å²) in [7, 11) is 0. The summed E-state index contributed by atoms with van der Waals surface area (Å²) in [5, 5.41) is 6.63. The summed E-state index contributed by atoms with van der Waals surface area (Å²) >= 11 is 0. The van der Waals surface area contributed by atoms with Crippen molar-refractivity contribution < 1.29 is 19.1 Å². The van der Waals surface area contributed by atoms with Crippen molar-refractivity contribution in [1.82, 2.24) is 35.1 Å². The fourth-order valence-corrected chi connectivity index (χ4v) is 6.31. The highest BCUT2D eigenvalue weighted by atomic mass is 16.6. The molecule has 0 aliphatic carbocycles. The zero-order valence-corrected chi connectivity index (χ0v) is 28.1. The number of H-pyrrole nitrogens is 1. The largest absolute Gasteiger partial charge is 0.444 e. The first kappa shape index (κ1) is 32.7. The Morgan fingerprint density at radius 2 is 1.67 bits per heavy atom. The fraction of sp³-hybridized carbons (Fsp3) is 0.378. The number of pyridine rings is 1. The lowest BCUT2D eigenvalue weighted by molar-refractivity contribution is -0.138. The quantitative estimate of drug-likeness (QED) is 0.195. The van der Waals surface area contributed by atoms with Crippen LogP contribution < -0.4 is 10.6 Å². The van der Waals surface area contributed by atoms with Crippen LogP contribution in [0.4, 0.5) is 4.79 Å². The summed E-state index contributed by atoms with van der Waals surface area (Å²) in [6, 6.07) is 21.1. The second kappa shape index (κ2) is 13.1. The molecule has 0 bridgehead atoms. The van der Waals surface area contributed by atoms with Gasteiger partial charge in [-0.3, -0.25) is 9.59 Å². The van der Waals surface area contributed by atoms with Crippen LogP contribution in [0.3, 0.4) is 0 Å². The van der Waals surface area contributed by atoms with Crippen LogP contribution in [0.2, 0.25) is 0 Å². The number of imidazole rings is 1. The van der Waals surface area contributed by atoms with Crippen molar-refractivity contribution in [3.05, 3.63) is 84.7 Å². The summed E-state index contributed by atoms with van der Waals surface area (Å²) < 4.78 is 7.60. The van der Waals surface area contributed by atoms with Gasteiger partial charge in [0.25, 0.3) is 0 Å². The number of piperidine rings is 1. The molecule has 2 aromatic carbocycles. The highest BCUT2D eigenvalue weighted by Crippen LogP contribution is 2.33. The number of alkyl carbamates (subject to hydrolysis) is 1. The lowest BCUT2D eigenvalue weighted by atomic mass is 9.98. The molecule has 1 aliphatic heterocycles. The van der Waals surface area contributed by atoms with E-state index in [0.29, 0.717) is 25.9 Å². The van der Waals surface area contributed by atoms with Crippen molar-refractivity contribution in [2.24, 2.45) is 0 Å². The molecule has 1 saturated heterocycles. The molecule has 4 heterocycles. The van der Waals surface area contributed by atoms with Crippen LogP contribution in [0.25, 0.3) is 33.5 Å². The molecule has 0 unspecified atom stereocenters. The fourth-order valence-electron chi connectivity index (χ4n) is 6.31. The molecule has 0 spiro atoms. The summed E-state index contributed by atoms with van der Waals surface area (Å²) in [6.45, 7) is 9.47. The van der Waals surface area contributed by atoms with Crippen LogP contribution in [-0.4, -0.2) is 72.6 Å². The lowest BCUT2D eigenvalue weighted by Gasteiger charge is -2.36. The SMILES string of the molecule is CC(C)(C)OC(=O)NC(C)(C)C(=O)N[C@H](Cc1c[nH]c2ccccc12)C(=O)N1CCC(n2c(-c3ccccc3)nc3cccnc32)CC1. The number of carbonyl (C=O) groups excluding carboxylic acids is 3. The maximum Gasteiger partial charge on any atom is 0.408 e. The first-order valence-corrected chi connectivity index (χ1v) is 16.4. The molecule has 11 nitrogen and oxygen atoms in total. The smallest absolute Gasteiger partial charge is 0.408 e. The Morgan fingerprint density at radius 3 is 2.40 bits per heavy atom. The molecular formula is C37H43N7O4. The summed E-state index contributed by atoms with van der Waals surface area (Å²) in [5.74, 6) is 0.209. The second-order valence-electron chi connectivity index (χ2n) is 13.9. The summed E-state index contributed by atoms with van der Waals surface area (Å²) in [6.07, 6.45) is 4.65. The number of amides is 3. The van der Waals surface area contributed by atoms with Crippen LogP contribution in [0, 0.1) is 0 Å². The van der Waals surface area contributed by atoms with Gasteiger partial charge in [0.2, 0.25) is 11.8 Å². The van der Waals surface area contributed by atoms with Gasteiger partial charge in [0.15, 0.2) is 5.65 Å². The van der Waals surface area contributed by atoms with Crippen LogP contribution >= 0.6 is 0 Å². The van der Waals surface area contributed by atoms with Gasteiger partial charge in [-0.15, -0.1) is 0 Å². The molecule has 1 fully saturated rings. The van der Waals surface area contributed by atoms with Gasteiger partial charge >= 0.3 is 6.09 Å². The van der Waals surface area contributed by atoms with Gasteiger partial charge in [-0.2, -0.15) is 0 Å². The van der Waals surface area contributed by atoms with Gasteiger partial charge in [-0.1, -0.05) is 48.5 Å². The molecule has 6 rings (SSSR count). The second-order valence-corrected chi connectivity index (χ2v) is 13.9. The highest BCUT2D eigenvalue weighted by molar-refractivity contribution is 5.94. The molecule has 48 heavy (non-hydrogen) atoms. The Balaban J connectivity index is 1.22. The monoisotopic (exact) mass is 649 g/mol. The van der Waals surface area contributed by atoms with Crippen molar-refractivity contribution in [3.63, 3.8) is 0 Å². The number of likely N-dealkylation sites (tertiary alicyclic amines) is 1. The molecule has 3 N–H and O–H groups in total. The van der Waals surface area contributed by atoms with E-state index in [2.05, 4.69) is 25.2 Å². The average molecular weight is 650 g/mol. The normalized spacial score (nSPS) is 15.0. The number of aromatic amines is 1. The number of para-hydroxylation sites is 1. The molecule has 3 amide bonds. The minimum atomic E-state index is -1.34. The molecule has 1 atom stereocenters. The number of nitrogens with zero attached hydrogens (tertiary/aromatic N) is 4. The van der Waals surface area contributed by atoms with E-state index in [9.17, 15) is 14.4 Å². The van der Waals surface area contributed by atoms with Crippen LogP contribution in [-0.2, 0) is 20.7 Å². The third-order valence-electron chi connectivity index (χ3n) is 8.71. The standard InChI is InChI=1S/C37H43N7O4/c1-36(2,3)48-35(47)42-37(4,5)34(46)41-30(22-25-23-39-28-15-10-9-14-27(25)28)33(45)43-20-17-26(18-21-43)44-31(24-12-7-6-8-13-24)40-29-16-11-19-38-32(29)44/h6-16,19,23,26,30,39H,17-18,20-22H2,1-5H3,(H,41,46)(H,42,47)/t30-/m1/s1. The maximum atomic E-state index is 14.3. The highest BCUT2D eigenvalue weighted by Gasteiger charge is 2.37. The number of rotatable bonds is 8. The first-order chi connectivity index (χ1) is 22.9. The van der Waals surface area contributed by atoms with Gasteiger partial charge in [0.05, 0.1) is 0 Å². The summed E-state index contributed by atoms with van der Waals surface area (Å²) in [5.41, 5.74) is 2.48. The van der Waals surface area contributed by atoms with Crippen molar-refractivity contribution in [1.29, 1.82) is 0 Å². The Morgan fingerprint density at radius 1 is 0.958 bits per heavy atom. The topological polar surface area (TPSA) is 134 Å². The number of nitrogens with one attached hydrogen (secondary N) is 3. The van der Waals surface area contributed by atoms with E-state index in [1.807, 2.05) is 77.8 Å². The molecular weight excluding hydrogens is 606 g/mol. The van der Waals surface area contributed by atoms with Gasteiger partial charge in [-0.05, 0) is 71.2 Å². The Bertz CT molecular complexity index is 1930. The molecule has 1 aliphatic rings. The van der Waals surface area contributed by atoms with E-state index in [1.54, 1.807) is 40.8 Å². The predicted molar refractivity (Wildman–Crippen MR) is 185 cm³/mol. The molecule has 3 aromatic heterocycles. The van der Waals surface area contributed by atoms with Crippen LogP contribution in [0.15, 0.2) is 79.1 Å². The van der Waals surface area contributed by atoms with Gasteiger partial charge in [0.1, 0.15) is 28.5 Å². The number of fused-ring (bicyclic) bond motifs is 2. The van der Waals surface area contributed by atoms with Gasteiger partial charge in [-0.25, -0.2) is 14.8 Å². The molecule has 0 saturated carbocycles. The van der Waals surface area contributed by atoms with Crippen molar-refractivity contribution >= 4 is 40.0 Å². The number of carbonyl (C=O) groups is 3. The lowest BCUT2D eigenvalue weighted by Crippen LogP contribution is -2.60. The van der Waals surface area contributed by atoms with Gasteiger partial charge in [0, 0.05) is 54.4 Å². The van der Waals surface area contributed by atoms with Crippen LogP contribution in [0.1, 0.15) is 59.1 Å². The maximum absolute atomic E-state index is 14.3. The Labute approximate surface area is 280 Å². The Kier molecular flexibility index (Phi) is 8.96. The molecule has 250 valence electrons. The number of hydrogen-bond acceptors (Lipinski definition) is 6. The van der Waals surface area contributed by atoms with Gasteiger partial charge < -0.3 is 29.8 Å². The van der Waals surface area contributed by atoms with Crippen molar-refractivity contribution in [3.8, 4) is 11.4 Å². The number of ether oxygens (including phenoxy) is 1. The zero-order valence-electron chi connectivity index (χ0n) is 28.1. The first-order valence-electron chi connectivity index (χ1n) is 16.4.